The number of carboxylic acids is 1. The van der Waals surface area contributed by atoms with E-state index in [9.17, 15) is 14.4 Å². The molecule has 31 heavy (non-hydrogen) atoms. The smallest absolute Gasteiger partial charge is 0.407 e. The largest absolute Gasteiger partial charge is 0.481 e. The van der Waals surface area contributed by atoms with Crippen LogP contribution in [0.3, 0.4) is 0 Å². The van der Waals surface area contributed by atoms with E-state index in [1.807, 2.05) is 50.2 Å². The lowest BCUT2D eigenvalue weighted by molar-refractivity contribution is -0.138. The molecule has 1 aliphatic rings. The number of alkyl carbamates (subject to hydrolysis) is 1. The molecule has 0 saturated heterocycles. The van der Waals surface area contributed by atoms with E-state index >= 15 is 0 Å². The van der Waals surface area contributed by atoms with Crippen LogP contribution in [0.5, 0.6) is 0 Å². The molecule has 3 rings (SSSR count). The Bertz CT molecular complexity index is 926. The predicted octanol–water partition coefficient (Wildman–Crippen LogP) is 3.53. The van der Waals surface area contributed by atoms with Crippen molar-refractivity contribution in [2.24, 2.45) is 5.92 Å². The van der Waals surface area contributed by atoms with Gasteiger partial charge in [-0.2, -0.15) is 0 Å². The van der Waals surface area contributed by atoms with Crippen LogP contribution in [0.4, 0.5) is 4.79 Å². The Kier molecular flexibility index (Phi) is 6.95. The molecule has 2 aromatic carbocycles. The molecule has 164 valence electrons. The minimum atomic E-state index is -0.990. The lowest BCUT2D eigenvalue weighted by atomic mass is 9.98. The fourth-order valence-corrected chi connectivity index (χ4v) is 3.83. The average Bonchev–Trinajstić information content (AvgIpc) is 3.05. The molecule has 0 unspecified atom stereocenters. The van der Waals surface area contributed by atoms with Crippen molar-refractivity contribution in [3.8, 4) is 11.1 Å². The van der Waals surface area contributed by atoms with Crippen LogP contribution in [0, 0.1) is 5.92 Å². The molecule has 2 aromatic rings. The standard InChI is InChI=1S/C24H28N2O5/c1-14(2)21(12-22(27)28)26-23(29)15(3)25-24(30)31-13-20-18-10-6-4-8-16(18)17-9-5-7-11-19(17)20/h4-11,14-15,20-21H,12-13H2,1-3H3,(H,25,30)(H,26,29)(H,27,28)/t15-,21+/m1/s1. The van der Waals surface area contributed by atoms with Gasteiger partial charge in [0.25, 0.3) is 0 Å². The molecule has 0 spiro atoms. The summed E-state index contributed by atoms with van der Waals surface area (Å²) in [6, 6.07) is 14.7. The van der Waals surface area contributed by atoms with Crippen LogP contribution in [-0.2, 0) is 14.3 Å². The monoisotopic (exact) mass is 424 g/mol. The second-order valence-corrected chi connectivity index (χ2v) is 8.15. The highest BCUT2D eigenvalue weighted by molar-refractivity contribution is 5.86. The topological polar surface area (TPSA) is 105 Å². The Morgan fingerprint density at radius 2 is 1.48 bits per heavy atom. The maximum atomic E-state index is 12.4. The minimum Gasteiger partial charge on any atom is -0.481 e. The van der Waals surface area contributed by atoms with Gasteiger partial charge in [0.05, 0.1) is 6.42 Å². The number of aliphatic carboxylic acids is 1. The van der Waals surface area contributed by atoms with Crippen molar-refractivity contribution in [2.45, 2.75) is 45.2 Å². The molecular formula is C24H28N2O5. The zero-order chi connectivity index (χ0) is 22.5. The third-order valence-corrected chi connectivity index (χ3v) is 5.60. The molecule has 0 radical (unpaired) electrons. The van der Waals surface area contributed by atoms with Crippen LogP contribution in [0.25, 0.3) is 11.1 Å². The second-order valence-electron chi connectivity index (χ2n) is 8.15. The van der Waals surface area contributed by atoms with Gasteiger partial charge in [0.2, 0.25) is 5.91 Å². The van der Waals surface area contributed by atoms with Crippen LogP contribution in [0.2, 0.25) is 0 Å². The van der Waals surface area contributed by atoms with Crippen molar-refractivity contribution in [2.75, 3.05) is 6.61 Å². The van der Waals surface area contributed by atoms with Crippen LogP contribution >= 0.6 is 0 Å². The first-order valence-electron chi connectivity index (χ1n) is 10.4. The number of ether oxygens (including phenoxy) is 1. The number of carboxylic acid groups (broad SMARTS) is 1. The molecule has 0 fully saturated rings. The Morgan fingerprint density at radius 1 is 0.935 bits per heavy atom. The number of amides is 2. The summed E-state index contributed by atoms with van der Waals surface area (Å²) in [5.74, 6) is -1.56. The zero-order valence-corrected chi connectivity index (χ0v) is 17.9. The van der Waals surface area contributed by atoms with Crippen LogP contribution in [0.15, 0.2) is 48.5 Å². The molecule has 0 heterocycles. The number of hydrogen-bond donors (Lipinski definition) is 3. The second kappa shape index (κ2) is 9.64. The van der Waals surface area contributed by atoms with Gasteiger partial charge in [-0.05, 0) is 35.1 Å². The van der Waals surface area contributed by atoms with Crippen molar-refractivity contribution in [1.82, 2.24) is 10.6 Å². The quantitative estimate of drug-likeness (QED) is 0.601. The summed E-state index contributed by atoms with van der Waals surface area (Å²) < 4.78 is 5.45. The number of carbonyl (C=O) groups excluding carboxylic acids is 2. The van der Waals surface area contributed by atoms with Gasteiger partial charge in [-0.1, -0.05) is 62.4 Å². The molecular weight excluding hydrogens is 396 g/mol. The Morgan fingerprint density at radius 3 is 2.00 bits per heavy atom. The molecule has 0 aliphatic heterocycles. The van der Waals surface area contributed by atoms with Crippen molar-refractivity contribution >= 4 is 18.0 Å². The van der Waals surface area contributed by atoms with Gasteiger partial charge >= 0.3 is 12.1 Å². The zero-order valence-electron chi connectivity index (χ0n) is 17.9. The summed E-state index contributed by atoms with van der Waals surface area (Å²) in [6.07, 6.45) is -0.870. The van der Waals surface area contributed by atoms with Gasteiger partial charge in [-0.15, -0.1) is 0 Å². The lowest BCUT2D eigenvalue weighted by Crippen LogP contribution is -2.50. The SMILES string of the molecule is CC(C)[C@H](CC(=O)O)NC(=O)[C@@H](C)NC(=O)OCC1c2ccccc2-c2ccccc21. The van der Waals surface area contributed by atoms with Gasteiger partial charge in [0, 0.05) is 12.0 Å². The first kappa shape index (κ1) is 22.3. The lowest BCUT2D eigenvalue weighted by Gasteiger charge is -2.23. The number of rotatable bonds is 8. The summed E-state index contributed by atoms with van der Waals surface area (Å²) in [4.78, 5) is 35.7. The van der Waals surface area contributed by atoms with Gasteiger partial charge < -0.3 is 20.5 Å². The molecule has 7 nitrogen and oxygen atoms in total. The summed E-state index contributed by atoms with van der Waals surface area (Å²) in [6.45, 7) is 5.35. The number of carbonyl (C=O) groups is 3. The molecule has 0 saturated carbocycles. The summed E-state index contributed by atoms with van der Waals surface area (Å²) in [5.41, 5.74) is 4.49. The fourth-order valence-electron chi connectivity index (χ4n) is 3.83. The summed E-state index contributed by atoms with van der Waals surface area (Å²) in [5, 5.41) is 14.2. The molecule has 0 bridgehead atoms. The van der Waals surface area contributed by atoms with Gasteiger partial charge in [0.15, 0.2) is 0 Å². The molecule has 1 aliphatic carbocycles. The third kappa shape index (κ3) is 5.23. The predicted molar refractivity (Wildman–Crippen MR) is 117 cm³/mol. The van der Waals surface area contributed by atoms with Gasteiger partial charge in [-0.25, -0.2) is 4.79 Å². The van der Waals surface area contributed by atoms with E-state index in [1.165, 1.54) is 6.92 Å². The van der Waals surface area contributed by atoms with Crippen molar-refractivity contribution in [3.63, 3.8) is 0 Å². The van der Waals surface area contributed by atoms with E-state index in [-0.39, 0.29) is 24.9 Å². The van der Waals surface area contributed by atoms with E-state index in [4.69, 9.17) is 9.84 Å². The fraction of sp³-hybridized carbons (Fsp3) is 0.375. The number of nitrogens with one attached hydrogen (secondary N) is 2. The normalized spacial score (nSPS) is 14.3. The Balaban J connectivity index is 1.58. The highest BCUT2D eigenvalue weighted by atomic mass is 16.5. The minimum absolute atomic E-state index is 0.0540. The highest BCUT2D eigenvalue weighted by Gasteiger charge is 2.29. The molecule has 2 atom stereocenters. The summed E-state index contributed by atoms with van der Waals surface area (Å²) >= 11 is 0. The van der Waals surface area contributed by atoms with E-state index in [0.29, 0.717) is 0 Å². The average molecular weight is 424 g/mol. The Labute approximate surface area is 181 Å². The first-order valence-corrected chi connectivity index (χ1v) is 10.4. The van der Waals surface area contributed by atoms with Crippen LogP contribution < -0.4 is 10.6 Å². The van der Waals surface area contributed by atoms with Crippen molar-refractivity contribution in [3.05, 3.63) is 59.7 Å². The van der Waals surface area contributed by atoms with Crippen LogP contribution in [-0.4, -0.2) is 41.8 Å². The van der Waals surface area contributed by atoms with E-state index < -0.39 is 30.1 Å². The van der Waals surface area contributed by atoms with E-state index in [1.54, 1.807) is 0 Å². The van der Waals surface area contributed by atoms with Crippen LogP contribution in [0.1, 0.15) is 44.2 Å². The highest BCUT2D eigenvalue weighted by Crippen LogP contribution is 2.44. The number of fused-ring (bicyclic) bond motifs is 3. The Hall–Kier alpha value is -3.35. The molecule has 7 heteroatoms. The maximum Gasteiger partial charge on any atom is 0.407 e. The van der Waals surface area contributed by atoms with Crippen molar-refractivity contribution in [1.29, 1.82) is 0 Å². The van der Waals surface area contributed by atoms with Gasteiger partial charge in [0.1, 0.15) is 12.6 Å². The van der Waals surface area contributed by atoms with Gasteiger partial charge in [-0.3, -0.25) is 9.59 Å². The number of benzene rings is 2. The molecule has 3 N–H and O–H groups in total. The third-order valence-electron chi connectivity index (χ3n) is 5.60. The number of hydrogen-bond acceptors (Lipinski definition) is 4. The maximum absolute atomic E-state index is 12.4. The van der Waals surface area contributed by atoms with E-state index in [2.05, 4.69) is 22.8 Å². The summed E-state index contributed by atoms with van der Waals surface area (Å²) in [7, 11) is 0. The first-order chi connectivity index (χ1) is 14.8. The molecule has 0 aromatic heterocycles. The van der Waals surface area contributed by atoms with E-state index in [0.717, 1.165) is 22.3 Å². The molecule has 2 amide bonds. The van der Waals surface area contributed by atoms with Crippen molar-refractivity contribution < 1.29 is 24.2 Å².